The van der Waals surface area contributed by atoms with Gasteiger partial charge in [-0.3, -0.25) is 14.5 Å². The third-order valence-electron chi connectivity index (χ3n) is 6.10. The van der Waals surface area contributed by atoms with Crippen LogP contribution in [-0.4, -0.2) is 74.7 Å². The number of hydrogen-bond acceptors (Lipinski definition) is 5. The smallest absolute Gasteiger partial charge is 0.257 e. The van der Waals surface area contributed by atoms with Gasteiger partial charge < -0.3 is 19.7 Å². The Morgan fingerprint density at radius 1 is 1.15 bits per heavy atom. The second kappa shape index (κ2) is 10.8. The lowest BCUT2D eigenvalue weighted by Gasteiger charge is -2.34. The molecular formula is C25H32FN3O4. The van der Waals surface area contributed by atoms with Crippen LogP contribution in [0.15, 0.2) is 42.5 Å². The Hall–Kier alpha value is -2.97. The highest BCUT2D eigenvalue weighted by Crippen LogP contribution is 2.27. The zero-order valence-electron chi connectivity index (χ0n) is 19.8. The number of rotatable bonds is 3. The molecule has 0 unspecified atom stereocenters. The average Bonchev–Trinajstić information content (AvgIpc) is 2.79. The van der Waals surface area contributed by atoms with E-state index in [2.05, 4.69) is 24.1 Å². The SMILES string of the molecule is CO[C@@H]1CN(C)C(=O)c2ccc(NC(=O)c3cccc(F)c3)cc2OC[C@@H](C)N(C)C[C@@H]1C. The lowest BCUT2D eigenvalue weighted by Crippen LogP contribution is -2.45. The van der Waals surface area contributed by atoms with E-state index < -0.39 is 11.7 Å². The monoisotopic (exact) mass is 457 g/mol. The average molecular weight is 458 g/mol. The summed E-state index contributed by atoms with van der Waals surface area (Å²) in [5.41, 5.74) is 1.06. The van der Waals surface area contributed by atoms with Crippen LogP contribution in [0.1, 0.15) is 34.6 Å². The Balaban J connectivity index is 1.90. The Morgan fingerprint density at radius 2 is 1.91 bits per heavy atom. The number of carbonyl (C=O) groups excluding carboxylic acids is 2. The van der Waals surface area contributed by atoms with Crippen molar-refractivity contribution in [2.24, 2.45) is 5.92 Å². The molecule has 0 radical (unpaired) electrons. The van der Waals surface area contributed by atoms with E-state index in [0.29, 0.717) is 30.2 Å². The summed E-state index contributed by atoms with van der Waals surface area (Å²) in [6.07, 6.45) is -0.109. The summed E-state index contributed by atoms with van der Waals surface area (Å²) in [5.74, 6) is -0.525. The Kier molecular flexibility index (Phi) is 8.05. The van der Waals surface area contributed by atoms with Crippen molar-refractivity contribution >= 4 is 17.5 Å². The van der Waals surface area contributed by atoms with Crippen molar-refractivity contribution in [3.05, 3.63) is 59.4 Å². The summed E-state index contributed by atoms with van der Waals surface area (Å²) < 4.78 is 25.2. The molecule has 0 bridgehead atoms. The molecule has 0 aliphatic carbocycles. The topological polar surface area (TPSA) is 71.1 Å². The molecule has 2 aromatic rings. The van der Waals surface area contributed by atoms with Gasteiger partial charge in [0, 0.05) is 50.6 Å². The van der Waals surface area contributed by atoms with E-state index in [1.54, 1.807) is 37.3 Å². The van der Waals surface area contributed by atoms with Crippen LogP contribution in [0, 0.1) is 11.7 Å². The summed E-state index contributed by atoms with van der Waals surface area (Å²) in [5, 5.41) is 2.75. The number of halogens is 1. The van der Waals surface area contributed by atoms with Crippen LogP contribution >= 0.6 is 0 Å². The number of hydrogen-bond donors (Lipinski definition) is 1. The van der Waals surface area contributed by atoms with E-state index in [1.165, 1.54) is 24.3 Å². The maximum absolute atomic E-state index is 13.5. The highest BCUT2D eigenvalue weighted by molar-refractivity contribution is 6.05. The highest BCUT2D eigenvalue weighted by Gasteiger charge is 2.27. The van der Waals surface area contributed by atoms with E-state index in [0.717, 1.165) is 6.54 Å². The molecule has 8 heteroatoms. The quantitative estimate of drug-likeness (QED) is 0.764. The fourth-order valence-electron chi connectivity index (χ4n) is 3.86. The van der Waals surface area contributed by atoms with E-state index in [9.17, 15) is 14.0 Å². The minimum atomic E-state index is -0.487. The first-order valence-electron chi connectivity index (χ1n) is 11.0. The third kappa shape index (κ3) is 6.09. The standard InChI is InChI=1S/C25H32FN3O4/c1-16-13-28(3)17(2)15-33-22-12-20(27-24(30)18-7-6-8-19(26)11-18)9-10-21(22)25(31)29(4)14-23(16)32-5/h6-12,16-17,23H,13-15H2,1-5H3,(H,27,30)/t16-,17+,23+/m0/s1. The van der Waals surface area contributed by atoms with Crippen molar-refractivity contribution in [2.75, 3.05) is 46.2 Å². The van der Waals surface area contributed by atoms with Crippen LogP contribution in [-0.2, 0) is 4.74 Å². The predicted molar refractivity (Wildman–Crippen MR) is 125 cm³/mol. The lowest BCUT2D eigenvalue weighted by molar-refractivity contribution is 0.0150. The molecule has 1 heterocycles. The van der Waals surface area contributed by atoms with Crippen molar-refractivity contribution in [3.63, 3.8) is 0 Å². The maximum Gasteiger partial charge on any atom is 0.257 e. The van der Waals surface area contributed by atoms with Gasteiger partial charge in [-0.15, -0.1) is 0 Å². The van der Waals surface area contributed by atoms with Crippen molar-refractivity contribution in [2.45, 2.75) is 26.0 Å². The van der Waals surface area contributed by atoms with Gasteiger partial charge in [0.15, 0.2) is 0 Å². The second-order valence-electron chi connectivity index (χ2n) is 8.71. The number of nitrogens with zero attached hydrogens (tertiary/aromatic N) is 2. The van der Waals surface area contributed by atoms with Crippen molar-refractivity contribution in [3.8, 4) is 5.75 Å². The molecule has 1 aliphatic heterocycles. The van der Waals surface area contributed by atoms with E-state index in [1.807, 2.05) is 7.05 Å². The fourth-order valence-corrected chi connectivity index (χ4v) is 3.86. The van der Waals surface area contributed by atoms with E-state index in [-0.39, 0.29) is 29.5 Å². The molecule has 1 N–H and O–H groups in total. The van der Waals surface area contributed by atoms with E-state index >= 15 is 0 Å². The Bertz CT molecular complexity index is 999. The first-order valence-corrected chi connectivity index (χ1v) is 11.0. The first kappa shape index (κ1) is 24.7. The lowest BCUT2D eigenvalue weighted by atomic mass is 10.0. The number of nitrogens with one attached hydrogen (secondary N) is 1. The third-order valence-corrected chi connectivity index (χ3v) is 6.10. The second-order valence-corrected chi connectivity index (χ2v) is 8.71. The normalized spacial score (nSPS) is 22.5. The summed E-state index contributed by atoms with van der Waals surface area (Å²) in [6.45, 7) is 5.78. The predicted octanol–water partition coefficient (Wildman–Crippen LogP) is 3.51. The number of anilines is 1. The zero-order valence-corrected chi connectivity index (χ0v) is 19.8. The maximum atomic E-state index is 13.5. The number of likely N-dealkylation sites (N-methyl/N-ethyl adjacent to an activating group) is 2. The number of fused-ring (bicyclic) bond motifs is 1. The van der Waals surface area contributed by atoms with E-state index in [4.69, 9.17) is 9.47 Å². The summed E-state index contributed by atoms with van der Waals surface area (Å²) >= 11 is 0. The van der Waals surface area contributed by atoms with Crippen LogP contribution in [0.25, 0.3) is 0 Å². The largest absolute Gasteiger partial charge is 0.491 e. The molecule has 7 nitrogen and oxygen atoms in total. The van der Waals surface area contributed by atoms with Gasteiger partial charge in [0.1, 0.15) is 18.2 Å². The van der Waals surface area contributed by atoms with Crippen LogP contribution < -0.4 is 10.1 Å². The molecule has 2 amide bonds. The number of ether oxygens (including phenoxy) is 2. The van der Waals surface area contributed by atoms with Crippen molar-refractivity contribution in [1.82, 2.24) is 9.80 Å². The molecule has 3 atom stereocenters. The van der Waals surface area contributed by atoms with Crippen LogP contribution in [0.4, 0.5) is 10.1 Å². The molecule has 0 fully saturated rings. The number of carbonyl (C=O) groups is 2. The molecule has 0 aromatic heterocycles. The van der Waals surface area contributed by atoms with Gasteiger partial charge in [-0.1, -0.05) is 13.0 Å². The number of methoxy groups -OCH3 is 1. The van der Waals surface area contributed by atoms with Crippen molar-refractivity contribution in [1.29, 1.82) is 0 Å². The van der Waals surface area contributed by atoms with Crippen LogP contribution in [0.3, 0.4) is 0 Å². The molecular weight excluding hydrogens is 425 g/mol. The zero-order chi connectivity index (χ0) is 24.1. The van der Waals surface area contributed by atoms with Crippen LogP contribution in [0.2, 0.25) is 0 Å². The highest BCUT2D eigenvalue weighted by atomic mass is 19.1. The number of amides is 2. The minimum Gasteiger partial charge on any atom is -0.491 e. The number of benzene rings is 2. The van der Waals surface area contributed by atoms with Gasteiger partial charge in [0.2, 0.25) is 0 Å². The van der Waals surface area contributed by atoms with Gasteiger partial charge in [-0.2, -0.15) is 0 Å². The van der Waals surface area contributed by atoms with Crippen LogP contribution in [0.5, 0.6) is 5.75 Å². The Morgan fingerprint density at radius 3 is 2.61 bits per heavy atom. The van der Waals surface area contributed by atoms with Crippen molar-refractivity contribution < 1.29 is 23.5 Å². The molecule has 178 valence electrons. The molecule has 3 rings (SSSR count). The summed E-state index contributed by atoms with van der Waals surface area (Å²) in [6, 6.07) is 10.5. The van der Waals surface area contributed by atoms with Gasteiger partial charge in [0.05, 0.1) is 11.7 Å². The Labute approximate surface area is 194 Å². The van der Waals surface area contributed by atoms with Gasteiger partial charge in [-0.25, -0.2) is 4.39 Å². The minimum absolute atomic E-state index is 0.0932. The molecule has 0 saturated carbocycles. The first-order chi connectivity index (χ1) is 15.7. The molecule has 33 heavy (non-hydrogen) atoms. The van der Waals surface area contributed by atoms with Gasteiger partial charge >= 0.3 is 0 Å². The molecule has 1 aliphatic rings. The van der Waals surface area contributed by atoms with Gasteiger partial charge in [-0.05, 0) is 50.2 Å². The molecule has 0 spiro atoms. The summed E-state index contributed by atoms with van der Waals surface area (Å²) in [7, 11) is 5.44. The summed E-state index contributed by atoms with van der Waals surface area (Å²) in [4.78, 5) is 29.6. The van der Waals surface area contributed by atoms with Gasteiger partial charge in [0.25, 0.3) is 11.8 Å². The molecule has 0 saturated heterocycles. The fraction of sp³-hybridized carbons (Fsp3) is 0.440. The molecule has 2 aromatic carbocycles.